The van der Waals surface area contributed by atoms with Crippen molar-refractivity contribution >= 4 is 28.9 Å². The second-order valence-corrected chi connectivity index (χ2v) is 5.89. The van der Waals surface area contributed by atoms with Crippen molar-refractivity contribution in [2.75, 3.05) is 0 Å². The lowest BCUT2D eigenvalue weighted by atomic mass is 10.0. The summed E-state index contributed by atoms with van der Waals surface area (Å²) in [6, 6.07) is 3.10. The van der Waals surface area contributed by atoms with Crippen molar-refractivity contribution in [2.24, 2.45) is 5.73 Å². The van der Waals surface area contributed by atoms with Gasteiger partial charge in [-0.2, -0.15) is 0 Å². The van der Waals surface area contributed by atoms with Gasteiger partial charge < -0.3 is 14.9 Å². The topological polar surface area (TPSA) is 112 Å². The molecule has 3 N–H and O–H groups in total. The normalized spacial score (nSPS) is 14.2. The molecule has 0 unspecified atom stereocenters. The standard InChI is InChI=1S/C17H18N2O5/c1-9(16(21)19-17(18)22)24-15(20)7-12-8-23-14-6-11-4-2-3-10(11)5-13(12)14/h5-6,8-9H,2-4,7H2,1H3,(H3,18,19,21,22)/t9-/m0/s1. The molecule has 1 aliphatic carbocycles. The van der Waals surface area contributed by atoms with Gasteiger partial charge in [0.2, 0.25) is 0 Å². The fraction of sp³-hybridized carbons (Fsp3) is 0.353. The first-order valence-corrected chi connectivity index (χ1v) is 7.75. The van der Waals surface area contributed by atoms with E-state index in [-0.39, 0.29) is 6.42 Å². The van der Waals surface area contributed by atoms with Gasteiger partial charge in [0.25, 0.3) is 5.91 Å². The van der Waals surface area contributed by atoms with Crippen molar-refractivity contribution in [3.63, 3.8) is 0 Å². The molecule has 1 atom stereocenters. The zero-order valence-corrected chi connectivity index (χ0v) is 13.3. The fourth-order valence-electron chi connectivity index (χ4n) is 2.96. The van der Waals surface area contributed by atoms with E-state index in [1.54, 1.807) is 0 Å². The van der Waals surface area contributed by atoms with Gasteiger partial charge in [-0.15, -0.1) is 0 Å². The van der Waals surface area contributed by atoms with Crippen LogP contribution in [0.2, 0.25) is 0 Å². The molecule has 1 heterocycles. The molecular formula is C17H18N2O5. The van der Waals surface area contributed by atoms with Crippen LogP contribution in [0.3, 0.4) is 0 Å². The molecule has 0 spiro atoms. The van der Waals surface area contributed by atoms with Crippen LogP contribution in [0.4, 0.5) is 4.79 Å². The van der Waals surface area contributed by atoms with E-state index in [4.69, 9.17) is 14.9 Å². The number of imide groups is 1. The van der Waals surface area contributed by atoms with Crippen LogP contribution in [0.5, 0.6) is 0 Å². The summed E-state index contributed by atoms with van der Waals surface area (Å²) in [6.07, 6.45) is 3.63. The van der Waals surface area contributed by atoms with Gasteiger partial charge >= 0.3 is 12.0 Å². The predicted molar refractivity (Wildman–Crippen MR) is 85.2 cm³/mol. The second-order valence-electron chi connectivity index (χ2n) is 5.89. The summed E-state index contributed by atoms with van der Waals surface area (Å²) in [7, 11) is 0. The molecule has 0 aliphatic heterocycles. The molecule has 3 rings (SSSR count). The number of aryl methyl sites for hydroxylation is 2. The summed E-state index contributed by atoms with van der Waals surface area (Å²) in [5.41, 5.74) is 8.90. The first kappa shape index (κ1) is 16.0. The number of ether oxygens (including phenoxy) is 1. The van der Waals surface area contributed by atoms with Crippen molar-refractivity contribution in [1.82, 2.24) is 5.32 Å². The molecule has 126 valence electrons. The number of furan rings is 1. The third-order valence-electron chi connectivity index (χ3n) is 4.13. The lowest BCUT2D eigenvalue weighted by molar-refractivity contribution is -0.153. The maximum atomic E-state index is 12.0. The van der Waals surface area contributed by atoms with Gasteiger partial charge in [-0.25, -0.2) is 4.79 Å². The molecule has 7 nitrogen and oxygen atoms in total. The molecule has 0 fully saturated rings. The Balaban J connectivity index is 1.69. The predicted octanol–water partition coefficient (Wildman–Crippen LogP) is 1.59. The molecule has 2 aromatic rings. The highest BCUT2D eigenvalue weighted by Gasteiger charge is 2.21. The Hall–Kier alpha value is -2.83. The van der Waals surface area contributed by atoms with E-state index in [2.05, 4.69) is 6.07 Å². The van der Waals surface area contributed by atoms with Crippen molar-refractivity contribution < 1.29 is 23.5 Å². The Morgan fingerprint density at radius 3 is 2.71 bits per heavy atom. The summed E-state index contributed by atoms with van der Waals surface area (Å²) < 4.78 is 10.6. The number of carbonyl (C=O) groups is 3. The summed E-state index contributed by atoms with van der Waals surface area (Å²) >= 11 is 0. The zero-order chi connectivity index (χ0) is 17.3. The lowest BCUT2D eigenvalue weighted by Crippen LogP contribution is -2.42. The number of rotatable bonds is 4. The highest BCUT2D eigenvalue weighted by Crippen LogP contribution is 2.30. The van der Waals surface area contributed by atoms with Crippen LogP contribution in [0.25, 0.3) is 11.0 Å². The number of hydrogen-bond acceptors (Lipinski definition) is 5. The van der Waals surface area contributed by atoms with Gasteiger partial charge in [-0.3, -0.25) is 14.9 Å². The van der Waals surface area contributed by atoms with E-state index in [1.165, 1.54) is 24.3 Å². The Morgan fingerprint density at radius 1 is 1.29 bits per heavy atom. The summed E-state index contributed by atoms with van der Waals surface area (Å²) in [5, 5.41) is 2.76. The van der Waals surface area contributed by atoms with Crippen LogP contribution >= 0.6 is 0 Å². The largest absolute Gasteiger partial charge is 0.464 e. The van der Waals surface area contributed by atoms with Gasteiger partial charge in [0, 0.05) is 10.9 Å². The van der Waals surface area contributed by atoms with Crippen LogP contribution in [-0.2, 0) is 33.6 Å². The smallest absolute Gasteiger partial charge is 0.318 e. The first-order valence-electron chi connectivity index (χ1n) is 7.75. The quantitative estimate of drug-likeness (QED) is 0.827. The molecule has 0 radical (unpaired) electrons. The number of esters is 1. The molecular weight excluding hydrogens is 312 g/mol. The number of carbonyl (C=O) groups excluding carboxylic acids is 3. The molecule has 24 heavy (non-hydrogen) atoms. The number of hydrogen-bond donors (Lipinski definition) is 2. The van der Waals surface area contributed by atoms with Gasteiger partial charge in [-0.1, -0.05) is 0 Å². The van der Waals surface area contributed by atoms with Crippen molar-refractivity contribution in [2.45, 2.75) is 38.7 Å². The monoisotopic (exact) mass is 330 g/mol. The molecule has 0 saturated heterocycles. The Labute approximate surface area is 138 Å². The van der Waals surface area contributed by atoms with Crippen molar-refractivity contribution in [3.05, 3.63) is 35.1 Å². The summed E-state index contributed by atoms with van der Waals surface area (Å²) in [4.78, 5) is 34.2. The molecule has 3 amide bonds. The number of benzene rings is 1. The number of fused-ring (bicyclic) bond motifs is 2. The van der Waals surface area contributed by atoms with Gasteiger partial charge in [0.05, 0.1) is 12.7 Å². The van der Waals surface area contributed by atoms with E-state index in [9.17, 15) is 14.4 Å². The highest BCUT2D eigenvalue weighted by molar-refractivity contribution is 5.96. The minimum Gasteiger partial charge on any atom is -0.464 e. The van der Waals surface area contributed by atoms with Gasteiger partial charge in [0.15, 0.2) is 6.10 Å². The lowest BCUT2D eigenvalue weighted by Gasteiger charge is -2.11. The third kappa shape index (κ3) is 3.24. The number of urea groups is 1. The van der Waals surface area contributed by atoms with E-state index < -0.39 is 24.0 Å². The maximum absolute atomic E-state index is 12.0. The number of nitrogens with two attached hydrogens (primary N) is 1. The van der Waals surface area contributed by atoms with Crippen LogP contribution in [0.15, 0.2) is 22.8 Å². The van der Waals surface area contributed by atoms with Crippen LogP contribution < -0.4 is 11.1 Å². The number of nitrogens with one attached hydrogen (secondary N) is 1. The third-order valence-corrected chi connectivity index (χ3v) is 4.13. The minimum absolute atomic E-state index is 0.0139. The molecule has 1 aromatic heterocycles. The molecule has 0 bridgehead atoms. The average Bonchev–Trinajstić information content (AvgIpc) is 3.11. The summed E-state index contributed by atoms with van der Waals surface area (Å²) in [6.45, 7) is 1.37. The van der Waals surface area contributed by atoms with E-state index in [0.29, 0.717) is 5.56 Å². The van der Waals surface area contributed by atoms with Gasteiger partial charge in [-0.05, 0) is 49.4 Å². The Morgan fingerprint density at radius 2 is 2.00 bits per heavy atom. The van der Waals surface area contributed by atoms with E-state index in [1.807, 2.05) is 11.4 Å². The Bertz CT molecular complexity index is 824. The van der Waals surface area contributed by atoms with Gasteiger partial charge in [0.1, 0.15) is 5.58 Å². The number of amides is 3. The van der Waals surface area contributed by atoms with E-state index >= 15 is 0 Å². The van der Waals surface area contributed by atoms with E-state index in [0.717, 1.165) is 30.2 Å². The second kappa shape index (κ2) is 6.35. The minimum atomic E-state index is -1.10. The van der Waals surface area contributed by atoms with Crippen molar-refractivity contribution in [1.29, 1.82) is 0 Å². The molecule has 1 aliphatic rings. The fourth-order valence-corrected chi connectivity index (χ4v) is 2.96. The molecule has 0 saturated carbocycles. The van der Waals surface area contributed by atoms with Crippen molar-refractivity contribution in [3.8, 4) is 0 Å². The SMILES string of the molecule is C[C@H](OC(=O)Cc1coc2cc3c(cc12)CCC3)C(=O)NC(N)=O. The summed E-state index contributed by atoms with van der Waals surface area (Å²) in [5.74, 6) is -1.34. The number of primary amides is 1. The average molecular weight is 330 g/mol. The first-order chi connectivity index (χ1) is 11.4. The zero-order valence-electron chi connectivity index (χ0n) is 13.3. The van der Waals surface area contributed by atoms with Crippen LogP contribution in [-0.4, -0.2) is 24.0 Å². The molecule has 7 heteroatoms. The maximum Gasteiger partial charge on any atom is 0.318 e. The molecule has 1 aromatic carbocycles. The van der Waals surface area contributed by atoms with Crippen LogP contribution in [0, 0.1) is 0 Å². The van der Waals surface area contributed by atoms with Crippen LogP contribution in [0.1, 0.15) is 30.0 Å². The highest BCUT2D eigenvalue weighted by atomic mass is 16.5. The Kier molecular flexibility index (Phi) is 4.24.